The molecule has 0 aliphatic heterocycles. The molecule has 1 saturated carbocycles. The molecule has 1 aromatic carbocycles. The van der Waals surface area contributed by atoms with E-state index in [-0.39, 0.29) is 5.91 Å². The third-order valence-electron chi connectivity index (χ3n) is 3.67. The number of rotatable bonds is 3. The standard InChI is InChI=1S/C13H16N6O/c1-9-16-17-18-19(9)11-5-2-4-10(8-11)15-12(20)13(14)6-3-7-13/h2,4-5,8H,3,6-7,14H2,1H3,(H,15,20). The highest BCUT2D eigenvalue weighted by Crippen LogP contribution is 2.30. The van der Waals surface area contributed by atoms with Gasteiger partial charge in [-0.1, -0.05) is 6.07 Å². The monoisotopic (exact) mass is 272 g/mol. The summed E-state index contributed by atoms with van der Waals surface area (Å²) >= 11 is 0. The van der Waals surface area contributed by atoms with Gasteiger partial charge in [0.1, 0.15) is 0 Å². The Morgan fingerprint density at radius 1 is 1.45 bits per heavy atom. The Morgan fingerprint density at radius 3 is 2.85 bits per heavy atom. The number of nitrogens with zero attached hydrogens (tertiary/aromatic N) is 4. The van der Waals surface area contributed by atoms with Crippen LogP contribution in [-0.2, 0) is 4.79 Å². The second-order valence-corrected chi connectivity index (χ2v) is 5.15. The largest absolute Gasteiger partial charge is 0.324 e. The molecule has 1 aliphatic carbocycles. The molecule has 104 valence electrons. The Balaban J connectivity index is 1.81. The van der Waals surface area contributed by atoms with Crippen LogP contribution in [0.15, 0.2) is 24.3 Å². The smallest absolute Gasteiger partial charge is 0.244 e. The highest BCUT2D eigenvalue weighted by molar-refractivity contribution is 5.98. The summed E-state index contributed by atoms with van der Waals surface area (Å²) < 4.78 is 1.61. The fourth-order valence-corrected chi connectivity index (χ4v) is 2.23. The van der Waals surface area contributed by atoms with Crippen LogP contribution in [0, 0.1) is 6.92 Å². The first-order chi connectivity index (χ1) is 9.58. The van der Waals surface area contributed by atoms with Gasteiger partial charge < -0.3 is 11.1 Å². The Labute approximate surface area is 116 Å². The number of nitrogens with two attached hydrogens (primary N) is 1. The van der Waals surface area contributed by atoms with Gasteiger partial charge in [0.05, 0.1) is 11.2 Å². The Morgan fingerprint density at radius 2 is 2.25 bits per heavy atom. The molecule has 3 rings (SSSR count). The number of hydrogen-bond acceptors (Lipinski definition) is 5. The lowest BCUT2D eigenvalue weighted by Crippen LogP contribution is -2.56. The molecule has 0 atom stereocenters. The average Bonchev–Trinajstić information content (AvgIpc) is 2.82. The average molecular weight is 272 g/mol. The van der Waals surface area contributed by atoms with Gasteiger partial charge in [-0.3, -0.25) is 4.79 Å². The number of hydrogen-bond donors (Lipinski definition) is 2. The van der Waals surface area contributed by atoms with Crippen molar-refractivity contribution < 1.29 is 4.79 Å². The second kappa shape index (κ2) is 4.68. The molecular formula is C13H16N6O. The molecule has 0 unspecified atom stereocenters. The van der Waals surface area contributed by atoms with Gasteiger partial charge in [0.15, 0.2) is 5.82 Å². The summed E-state index contributed by atoms with van der Waals surface area (Å²) in [5.41, 5.74) is 6.78. The number of aryl methyl sites for hydroxylation is 1. The normalized spacial score (nSPS) is 16.5. The topological polar surface area (TPSA) is 98.7 Å². The number of tetrazole rings is 1. The number of aromatic nitrogens is 4. The first-order valence-electron chi connectivity index (χ1n) is 6.54. The molecule has 0 radical (unpaired) electrons. The van der Waals surface area contributed by atoms with Crippen molar-refractivity contribution in [2.75, 3.05) is 5.32 Å². The zero-order chi connectivity index (χ0) is 14.2. The van der Waals surface area contributed by atoms with Crippen molar-refractivity contribution in [2.45, 2.75) is 31.7 Å². The first-order valence-corrected chi connectivity index (χ1v) is 6.54. The van der Waals surface area contributed by atoms with Crippen LogP contribution in [0.25, 0.3) is 5.69 Å². The van der Waals surface area contributed by atoms with E-state index < -0.39 is 5.54 Å². The number of carbonyl (C=O) groups excluding carboxylic acids is 1. The molecule has 7 heteroatoms. The number of anilines is 1. The van der Waals surface area contributed by atoms with Gasteiger partial charge in [-0.15, -0.1) is 5.10 Å². The summed E-state index contributed by atoms with van der Waals surface area (Å²) in [4.78, 5) is 12.1. The van der Waals surface area contributed by atoms with Gasteiger partial charge >= 0.3 is 0 Å². The van der Waals surface area contributed by atoms with Gasteiger partial charge in [-0.05, 0) is 54.8 Å². The van der Waals surface area contributed by atoms with Crippen molar-refractivity contribution >= 4 is 11.6 Å². The fourth-order valence-electron chi connectivity index (χ4n) is 2.23. The van der Waals surface area contributed by atoms with E-state index in [2.05, 4.69) is 20.8 Å². The number of benzene rings is 1. The molecule has 1 aliphatic rings. The molecule has 0 bridgehead atoms. The molecule has 7 nitrogen and oxygen atoms in total. The minimum Gasteiger partial charge on any atom is -0.324 e. The summed E-state index contributed by atoms with van der Waals surface area (Å²) in [6.07, 6.45) is 2.49. The Bertz CT molecular complexity index is 646. The summed E-state index contributed by atoms with van der Waals surface area (Å²) in [6, 6.07) is 7.36. The zero-order valence-electron chi connectivity index (χ0n) is 11.2. The predicted molar refractivity (Wildman–Crippen MR) is 73.3 cm³/mol. The van der Waals surface area contributed by atoms with Crippen LogP contribution in [0.4, 0.5) is 5.69 Å². The Hall–Kier alpha value is -2.28. The molecule has 2 aromatic rings. The lowest BCUT2D eigenvalue weighted by atomic mass is 9.77. The van der Waals surface area contributed by atoms with Crippen molar-refractivity contribution in [3.05, 3.63) is 30.1 Å². The van der Waals surface area contributed by atoms with Crippen LogP contribution in [0.2, 0.25) is 0 Å². The van der Waals surface area contributed by atoms with Crippen LogP contribution >= 0.6 is 0 Å². The van der Waals surface area contributed by atoms with Crippen LogP contribution in [0.5, 0.6) is 0 Å². The molecule has 1 amide bonds. The molecule has 20 heavy (non-hydrogen) atoms. The highest BCUT2D eigenvalue weighted by Gasteiger charge is 2.40. The van der Waals surface area contributed by atoms with Gasteiger partial charge in [-0.25, -0.2) is 0 Å². The lowest BCUT2D eigenvalue weighted by molar-refractivity contribution is -0.123. The van der Waals surface area contributed by atoms with Crippen molar-refractivity contribution in [3.63, 3.8) is 0 Å². The minimum atomic E-state index is -0.708. The van der Waals surface area contributed by atoms with Crippen molar-refractivity contribution in [1.29, 1.82) is 0 Å². The molecule has 3 N–H and O–H groups in total. The maximum Gasteiger partial charge on any atom is 0.244 e. The second-order valence-electron chi connectivity index (χ2n) is 5.15. The van der Waals surface area contributed by atoms with Gasteiger partial charge in [-0.2, -0.15) is 4.68 Å². The summed E-state index contributed by atoms with van der Waals surface area (Å²) in [5, 5.41) is 14.2. The first kappa shape index (κ1) is 12.7. The van der Waals surface area contributed by atoms with E-state index >= 15 is 0 Å². The quantitative estimate of drug-likeness (QED) is 0.860. The summed E-state index contributed by atoms with van der Waals surface area (Å²) in [5.74, 6) is 0.553. The van der Waals surface area contributed by atoms with Crippen molar-refractivity contribution in [1.82, 2.24) is 20.2 Å². The van der Waals surface area contributed by atoms with Gasteiger partial charge in [0.2, 0.25) is 5.91 Å². The van der Waals surface area contributed by atoms with Crippen molar-refractivity contribution in [2.24, 2.45) is 5.73 Å². The minimum absolute atomic E-state index is 0.130. The maximum atomic E-state index is 12.1. The van der Waals surface area contributed by atoms with Crippen LogP contribution in [-0.4, -0.2) is 31.7 Å². The van der Waals surface area contributed by atoms with E-state index in [0.717, 1.165) is 24.9 Å². The third kappa shape index (κ3) is 2.16. The van der Waals surface area contributed by atoms with E-state index in [4.69, 9.17) is 5.73 Å². The van der Waals surface area contributed by atoms with Crippen molar-refractivity contribution in [3.8, 4) is 5.69 Å². The SMILES string of the molecule is Cc1nnnn1-c1cccc(NC(=O)C2(N)CCC2)c1. The Kier molecular flexibility index (Phi) is 2.98. The highest BCUT2D eigenvalue weighted by atomic mass is 16.2. The van der Waals surface area contributed by atoms with E-state index in [1.807, 2.05) is 31.2 Å². The zero-order valence-corrected chi connectivity index (χ0v) is 11.2. The molecule has 0 saturated heterocycles. The lowest BCUT2D eigenvalue weighted by Gasteiger charge is -2.36. The van der Waals surface area contributed by atoms with Gasteiger partial charge in [0, 0.05) is 5.69 Å². The van der Waals surface area contributed by atoms with Gasteiger partial charge in [0.25, 0.3) is 0 Å². The summed E-state index contributed by atoms with van der Waals surface area (Å²) in [6.45, 7) is 1.81. The maximum absolute atomic E-state index is 12.1. The fraction of sp³-hybridized carbons (Fsp3) is 0.385. The molecule has 0 spiro atoms. The van der Waals surface area contributed by atoms with E-state index in [1.165, 1.54) is 0 Å². The van der Waals surface area contributed by atoms with E-state index in [9.17, 15) is 4.79 Å². The number of carbonyl (C=O) groups is 1. The summed E-state index contributed by atoms with van der Waals surface area (Å²) in [7, 11) is 0. The molecule has 1 aromatic heterocycles. The predicted octanol–water partition coefficient (Wildman–Crippen LogP) is 0.791. The van der Waals surface area contributed by atoms with Crippen LogP contribution in [0.3, 0.4) is 0 Å². The molecule has 1 fully saturated rings. The number of nitrogens with one attached hydrogen (secondary N) is 1. The molecule has 1 heterocycles. The molecular weight excluding hydrogens is 256 g/mol. The number of amides is 1. The van der Waals surface area contributed by atoms with E-state index in [0.29, 0.717) is 11.5 Å². The third-order valence-corrected chi connectivity index (χ3v) is 3.67. The van der Waals surface area contributed by atoms with Crippen LogP contribution < -0.4 is 11.1 Å². The van der Waals surface area contributed by atoms with Crippen LogP contribution in [0.1, 0.15) is 25.1 Å². The van der Waals surface area contributed by atoms with E-state index in [1.54, 1.807) is 4.68 Å².